The van der Waals surface area contributed by atoms with E-state index >= 15 is 0 Å². The Kier molecular flexibility index (Phi) is 3.42. The number of ether oxygens (including phenoxy) is 1. The molecule has 0 unspecified atom stereocenters. The second-order valence-electron chi connectivity index (χ2n) is 5.86. The Labute approximate surface area is 134 Å². The molecule has 2 aromatic carbocycles. The van der Waals surface area contributed by atoms with Crippen LogP contribution in [0.15, 0.2) is 47.4 Å². The van der Waals surface area contributed by atoms with Crippen LogP contribution in [-0.4, -0.2) is 14.5 Å². The summed E-state index contributed by atoms with van der Waals surface area (Å²) in [5.74, 6) is 0. The van der Waals surface area contributed by atoms with Gasteiger partial charge >= 0.3 is 6.09 Å². The minimum Gasteiger partial charge on any atom is -0.438 e. The van der Waals surface area contributed by atoms with E-state index in [1.165, 1.54) is 12.1 Å². The second kappa shape index (κ2) is 5.07. The molecule has 3 rings (SSSR count). The normalized spacial score (nSPS) is 16.2. The fourth-order valence-corrected chi connectivity index (χ4v) is 3.17. The maximum Gasteiger partial charge on any atom is 0.412 e. The topological polar surface area (TPSA) is 98.5 Å². The number of hydrogen-bond acceptors (Lipinski definition) is 4. The Bertz CT molecular complexity index is 904. The number of fused-ring (bicyclic) bond motifs is 1. The minimum atomic E-state index is -3.76. The summed E-state index contributed by atoms with van der Waals surface area (Å²) < 4.78 is 28.3. The van der Waals surface area contributed by atoms with E-state index < -0.39 is 21.7 Å². The molecule has 0 bridgehead atoms. The van der Waals surface area contributed by atoms with Crippen molar-refractivity contribution < 1.29 is 17.9 Å². The van der Waals surface area contributed by atoms with Crippen molar-refractivity contribution in [3.05, 3.63) is 48.0 Å². The molecule has 0 radical (unpaired) electrons. The fraction of sp³-hybridized carbons (Fsp3) is 0.188. The van der Waals surface area contributed by atoms with E-state index in [9.17, 15) is 13.2 Å². The molecule has 1 aliphatic heterocycles. The number of carbonyl (C=O) groups excluding carboxylic acids is 1. The number of hydrogen-bond donors (Lipinski definition) is 2. The average molecular weight is 332 g/mol. The van der Waals surface area contributed by atoms with Gasteiger partial charge in [-0.2, -0.15) is 0 Å². The van der Waals surface area contributed by atoms with Gasteiger partial charge in [0.05, 0.1) is 10.6 Å². The third-order valence-corrected chi connectivity index (χ3v) is 4.66. The highest BCUT2D eigenvalue weighted by Gasteiger charge is 2.33. The Balaban J connectivity index is 2.12. The lowest BCUT2D eigenvalue weighted by Gasteiger charge is -2.32. The van der Waals surface area contributed by atoms with Gasteiger partial charge in [-0.05, 0) is 49.2 Å². The molecule has 0 atom stereocenters. The Morgan fingerprint density at radius 1 is 1.09 bits per heavy atom. The van der Waals surface area contributed by atoms with Crippen molar-refractivity contribution in [3.8, 4) is 11.1 Å². The molecule has 0 aliphatic carbocycles. The van der Waals surface area contributed by atoms with Crippen LogP contribution in [0.5, 0.6) is 0 Å². The largest absolute Gasteiger partial charge is 0.438 e. The number of amides is 1. The maximum atomic E-state index is 11.5. The van der Waals surface area contributed by atoms with Crippen LogP contribution in [0, 0.1) is 0 Å². The monoisotopic (exact) mass is 332 g/mol. The number of benzene rings is 2. The Morgan fingerprint density at radius 3 is 2.48 bits per heavy atom. The first-order chi connectivity index (χ1) is 10.7. The number of sulfonamides is 1. The molecule has 1 amide bonds. The lowest BCUT2D eigenvalue weighted by atomic mass is 9.91. The van der Waals surface area contributed by atoms with Gasteiger partial charge in [0.25, 0.3) is 0 Å². The maximum absolute atomic E-state index is 11.5. The van der Waals surface area contributed by atoms with Crippen LogP contribution in [0.2, 0.25) is 0 Å². The van der Waals surface area contributed by atoms with Gasteiger partial charge in [0.2, 0.25) is 10.0 Å². The molecule has 0 spiro atoms. The van der Waals surface area contributed by atoms with Gasteiger partial charge in [0, 0.05) is 5.56 Å². The predicted molar refractivity (Wildman–Crippen MR) is 86.4 cm³/mol. The van der Waals surface area contributed by atoms with Crippen LogP contribution in [0.25, 0.3) is 11.1 Å². The molecule has 1 heterocycles. The number of nitrogens with one attached hydrogen (secondary N) is 1. The van der Waals surface area contributed by atoms with E-state index in [1.807, 2.05) is 12.1 Å². The highest BCUT2D eigenvalue weighted by atomic mass is 32.2. The molecule has 1 aliphatic rings. The number of anilines is 1. The average Bonchev–Trinajstić information content (AvgIpc) is 2.45. The first kappa shape index (κ1) is 15.5. The molecule has 0 saturated heterocycles. The molecule has 0 saturated carbocycles. The van der Waals surface area contributed by atoms with E-state index in [0.29, 0.717) is 11.3 Å². The summed E-state index contributed by atoms with van der Waals surface area (Å²) in [5.41, 5.74) is 2.24. The third-order valence-electron chi connectivity index (χ3n) is 3.75. The number of primary sulfonamides is 1. The van der Waals surface area contributed by atoms with Gasteiger partial charge in [0.15, 0.2) is 0 Å². The van der Waals surface area contributed by atoms with Crippen molar-refractivity contribution in [2.24, 2.45) is 5.14 Å². The van der Waals surface area contributed by atoms with Crippen LogP contribution in [0.3, 0.4) is 0 Å². The van der Waals surface area contributed by atoms with Gasteiger partial charge in [-0.15, -0.1) is 0 Å². The molecule has 23 heavy (non-hydrogen) atoms. The number of cyclic esters (lactones) is 1. The van der Waals surface area contributed by atoms with Crippen LogP contribution >= 0.6 is 0 Å². The van der Waals surface area contributed by atoms with Gasteiger partial charge < -0.3 is 4.74 Å². The Hall–Kier alpha value is -2.38. The van der Waals surface area contributed by atoms with Gasteiger partial charge in [-0.25, -0.2) is 18.4 Å². The molecule has 0 aromatic heterocycles. The van der Waals surface area contributed by atoms with Gasteiger partial charge in [-0.3, -0.25) is 5.32 Å². The lowest BCUT2D eigenvalue weighted by molar-refractivity contribution is 0.0421. The summed E-state index contributed by atoms with van der Waals surface area (Å²) in [6.45, 7) is 3.60. The van der Waals surface area contributed by atoms with Crippen molar-refractivity contribution in [1.29, 1.82) is 0 Å². The second-order valence-corrected chi connectivity index (χ2v) is 7.42. The van der Waals surface area contributed by atoms with Gasteiger partial charge in [-0.1, -0.05) is 18.2 Å². The van der Waals surface area contributed by atoms with E-state index in [4.69, 9.17) is 9.88 Å². The zero-order valence-corrected chi connectivity index (χ0v) is 13.5. The molecule has 7 heteroatoms. The predicted octanol–water partition coefficient (Wildman–Crippen LogP) is 2.80. The smallest absolute Gasteiger partial charge is 0.412 e. The third kappa shape index (κ3) is 2.93. The van der Waals surface area contributed by atoms with Gasteiger partial charge in [0.1, 0.15) is 5.60 Å². The minimum absolute atomic E-state index is 0.0523. The van der Waals surface area contributed by atoms with Crippen molar-refractivity contribution in [2.75, 3.05) is 5.32 Å². The highest BCUT2D eigenvalue weighted by Crippen LogP contribution is 2.38. The zero-order valence-electron chi connectivity index (χ0n) is 12.7. The zero-order chi connectivity index (χ0) is 16.8. The van der Waals surface area contributed by atoms with Crippen molar-refractivity contribution in [1.82, 2.24) is 0 Å². The van der Waals surface area contributed by atoms with E-state index in [0.717, 1.165) is 11.1 Å². The molecule has 3 N–H and O–H groups in total. The molecular formula is C16H16N2O4S. The Morgan fingerprint density at radius 2 is 1.78 bits per heavy atom. The summed E-state index contributed by atoms with van der Waals surface area (Å²) >= 11 is 0. The summed E-state index contributed by atoms with van der Waals surface area (Å²) in [6, 6.07) is 11.9. The van der Waals surface area contributed by atoms with Crippen LogP contribution in [-0.2, 0) is 20.4 Å². The first-order valence-corrected chi connectivity index (χ1v) is 8.49. The highest BCUT2D eigenvalue weighted by molar-refractivity contribution is 7.89. The molecular weight excluding hydrogens is 316 g/mol. The quantitative estimate of drug-likeness (QED) is 0.883. The van der Waals surface area contributed by atoms with E-state index in [2.05, 4.69) is 5.32 Å². The molecule has 6 nitrogen and oxygen atoms in total. The first-order valence-electron chi connectivity index (χ1n) is 6.94. The molecule has 120 valence electrons. The van der Waals surface area contributed by atoms with Crippen molar-refractivity contribution in [2.45, 2.75) is 24.3 Å². The van der Waals surface area contributed by atoms with E-state index in [1.54, 1.807) is 32.0 Å². The van der Waals surface area contributed by atoms with Crippen molar-refractivity contribution in [3.63, 3.8) is 0 Å². The summed E-state index contributed by atoms with van der Waals surface area (Å²) in [5, 5.41) is 7.83. The van der Waals surface area contributed by atoms with Crippen LogP contribution in [0.4, 0.5) is 10.5 Å². The van der Waals surface area contributed by atoms with Crippen LogP contribution < -0.4 is 10.5 Å². The fourth-order valence-electron chi connectivity index (χ4n) is 2.61. The summed E-state index contributed by atoms with van der Waals surface area (Å²) in [6.07, 6.45) is -0.494. The summed E-state index contributed by atoms with van der Waals surface area (Å²) in [7, 11) is -3.76. The number of nitrogens with two attached hydrogens (primary N) is 1. The van der Waals surface area contributed by atoms with E-state index in [-0.39, 0.29) is 4.90 Å². The SMILES string of the molecule is CC1(C)OC(=O)Nc2ccc(-c3cccc(S(N)(=O)=O)c3)cc21. The number of rotatable bonds is 2. The van der Waals surface area contributed by atoms with Crippen molar-refractivity contribution >= 4 is 21.8 Å². The molecule has 2 aromatic rings. The van der Waals surface area contributed by atoms with Crippen LogP contribution in [0.1, 0.15) is 19.4 Å². The number of carbonyl (C=O) groups is 1. The standard InChI is InChI=1S/C16H16N2O4S/c1-16(2)13-9-11(6-7-14(13)18-15(19)22-16)10-4-3-5-12(8-10)23(17,20)21/h3-9H,1-2H3,(H,18,19)(H2,17,20,21). The molecule has 0 fully saturated rings. The summed E-state index contributed by atoms with van der Waals surface area (Å²) in [4.78, 5) is 11.6. The lowest BCUT2D eigenvalue weighted by Crippen LogP contribution is -2.34.